The van der Waals surface area contributed by atoms with Gasteiger partial charge in [-0.1, -0.05) is 17.7 Å². The Balaban J connectivity index is 2.72. The van der Waals surface area contributed by atoms with Gasteiger partial charge in [0.25, 0.3) is 0 Å². The molecule has 102 valence electrons. The first-order chi connectivity index (χ1) is 8.73. The normalized spacial score (nSPS) is 10.9. The van der Waals surface area contributed by atoms with Crippen LogP contribution in [0.2, 0.25) is 5.02 Å². The number of rotatable bonds is 3. The SMILES string of the molecule is [C-]#[N+]c1cc(Cl)c(CCC(=O)OC(C)(C)C)cc1C. The molecule has 4 heteroatoms. The highest BCUT2D eigenvalue weighted by molar-refractivity contribution is 6.31. The van der Waals surface area contributed by atoms with Crippen molar-refractivity contribution in [3.63, 3.8) is 0 Å². The Bertz CT molecular complexity index is 524. The van der Waals surface area contributed by atoms with Gasteiger partial charge in [0.15, 0.2) is 5.69 Å². The van der Waals surface area contributed by atoms with Crippen LogP contribution in [-0.4, -0.2) is 11.6 Å². The van der Waals surface area contributed by atoms with Gasteiger partial charge in [0.2, 0.25) is 0 Å². The number of hydrogen-bond donors (Lipinski definition) is 0. The third-order valence-corrected chi connectivity index (χ3v) is 2.86. The first-order valence-electron chi connectivity index (χ1n) is 6.11. The van der Waals surface area contributed by atoms with Crippen molar-refractivity contribution in [2.75, 3.05) is 0 Å². The molecule has 0 radical (unpaired) electrons. The van der Waals surface area contributed by atoms with E-state index in [1.807, 2.05) is 33.8 Å². The second-order valence-corrected chi connectivity index (χ2v) is 5.84. The van der Waals surface area contributed by atoms with Crippen LogP contribution in [0.3, 0.4) is 0 Å². The van der Waals surface area contributed by atoms with Crippen LogP contribution in [0.5, 0.6) is 0 Å². The fraction of sp³-hybridized carbons (Fsp3) is 0.467. The van der Waals surface area contributed by atoms with E-state index in [9.17, 15) is 4.79 Å². The van der Waals surface area contributed by atoms with Crippen LogP contribution in [0.1, 0.15) is 38.3 Å². The van der Waals surface area contributed by atoms with Crippen LogP contribution in [-0.2, 0) is 16.0 Å². The van der Waals surface area contributed by atoms with Crippen molar-refractivity contribution in [1.82, 2.24) is 0 Å². The highest BCUT2D eigenvalue weighted by Crippen LogP contribution is 2.28. The molecule has 0 fully saturated rings. The van der Waals surface area contributed by atoms with Gasteiger partial charge in [-0.3, -0.25) is 4.79 Å². The van der Waals surface area contributed by atoms with Crippen molar-refractivity contribution in [1.29, 1.82) is 0 Å². The van der Waals surface area contributed by atoms with Gasteiger partial charge in [-0.05, 0) is 51.3 Å². The monoisotopic (exact) mass is 279 g/mol. The van der Waals surface area contributed by atoms with Gasteiger partial charge in [0.05, 0.1) is 6.57 Å². The van der Waals surface area contributed by atoms with E-state index in [1.54, 1.807) is 6.07 Å². The molecule has 1 aromatic rings. The summed E-state index contributed by atoms with van der Waals surface area (Å²) in [6.45, 7) is 14.4. The summed E-state index contributed by atoms with van der Waals surface area (Å²) in [5.41, 5.74) is 1.83. The topological polar surface area (TPSA) is 30.7 Å². The lowest BCUT2D eigenvalue weighted by Gasteiger charge is -2.19. The van der Waals surface area contributed by atoms with Crippen molar-refractivity contribution < 1.29 is 9.53 Å². The minimum atomic E-state index is -0.468. The van der Waals surface area contributed by atoms with Crippen LogP contribution < -0.4 is 0 Å². The maximum absolute atomic E-state index is 11.6. The number of esters is 1. The number of carbonyl (C=O) groups is 1. The Morgan fingerprint density at radius 3 is 2.58 bits per heavy atom. The van der Waals surface area contributed by atoms with Gasteiger partial charge in [-0.2, -0.15) is 0 Å². The molecule has 0 atom stereocenters. The van der Waals surface area contributed by atoms with Crippen molar-refractivity contribution in [3.8, 4) is 0 Å². The van der Waals surface area contributed by atoms with Crippen LogP contribution in [0, 0.1) is 13.5 Å². The molecule has 1 rings (SSSR count). The van der Waals surface area contributed by atoms with Crippen LogP contribution in [0.15, 0.2) is 12.1 Å². The molecule has 3 nitrogen and oxygen atoms in total. The first kappa shape index (κ1) is 15.5. The summed E-state index contributed by atoms with van der Waals surface area (Å²) in [7, 11) is 0. The van der Waals surface area contributed by atoms with Crippen molar-refractivity contribution in [2.24, 2.45) is 0 Å². The Kier molecular flexibility index (Phi) is 4.97. The lowest BCUT2D eigenvalue weighted by Crippen LogP contribution is -2.24. The maximum Gasteiger partial charge on any atom is 0.306 e. The number of benzene rings is 1. The second-order valence-electron chi connectivity index (χ2n) is 5.43. The Morgan fingerprint density at radius 1 is 1.42 bits per heavy atom. The lowest BCUT2D eigenvalue weighted by atomic mass is 10.1. The number of halogens is 1. The van der Waals surface area contributed by atoms with E-state index in [2.05, 4.69) is 4.85 Å². The Labute approximate surface area is 119 Å². The second kappa shape index (κ2) is 6.08. The molecule has 0 spiro atoms. The summed E-state index contributed by atoms with van der Waals surface area (Å²) in [5.74, 6) is -0.240. The number of nitrogens with zero attached hydrogens (tertiary/aromatic N) is 1. The van der Waals surface area contributed by atoms with E-state index in [1.165, 1.54) is 0 Å². The molecule has 1 aromatic carbocycles. The molecular weight excluding hydrogens is 262 g/mol. The van der Waals surface area contributed by atoms with Crippen molar-refractivity contribution >= 4 is 23.3 Å². The van der Waals surface area contributed by atoms with Gasteiger partial charge in [-0.25, -0.2) is 4.85 Å². The van der Waals surface area contributed by atoms with Crippen LogP contribution in [0.4, 0.5) is 5.69 Å². The molecule has 0 amide bonds. The minimum absolute atomic E-state index is 0.240. The third kappa shape index (κ3) is 4.92. The summed E-state index contributed by atoms with van der Waals surface area (Å²) < 4.78 is 5.24. The molecule has 0 aliphatic heterocycles. The number of aryl methyl sites for hydroxylation is 2. The summed E-state index contributed by atoms with van der Waals surface area (Å²) in [4.78, 5) is 15.0. The predicted molar refractivity (Wildman–Crippen MR) is 76.6 cm³/mol. The molecule has 0 saturated heterocycles. The van der Waals surface area contributed by atoms with E-state index in [0.717, 1.165) is 11.1 Å². The average Bonchev–Trinajstić information content (AvgIpc) is 2.27. The maximum atomic E-state index is 11.6. The fourth-order valence-corrected chi connectivity index (χ4v) is 1.92. The predicted octanol–water partition coefficient (Wildman–Crippen LogP) is 4.47. The molecule has 0 heterocycles. The molecule has 0 unspecified atom stereocenters. The molecule has 0 aliphatic rings. The number of carbonyl (C=O) groups excluding carboxylic acids is 1. The largest absolute Gasteiger partial charge is 0.460 e. The summed E-state index contributed by atoms with van der Waals surface area (Å²) in [5, 5.41) is 0.528. The van der Waals surface area contributed by atoms with Gasteiger partial charge < -0.3 is 4.74 Å². The Morgan fingerprint density at radius 2 is 2.05 bits per heavy atom. The summed E-state index contributed by atoms with van der Waals surface area (Å²) in [6, 6.07) is 3.51. The van der Waals surface area contributed by atoms with Gasteiger partial charge >= 0.3 is 5.97 Å². The zero-order valence-electron chi connectivity index (χ0n) is 11.7. The van der Waals surface area contributed by atoms with Crippen molar-refractivity contribution in [3.05, 3.63) is 39.7 Å². The molecular formula is C15H18ClNO2. The number of hydrogen-bond acceptors (Lipinski definition) is 2. The van der Waals surface area contributed by atoms with Gasteiger partial charge in [0.1, 0.15) is 5.60 Å². The standard InChI is InChI=1S/C15H18ClNO2/c1-10-8-11(12(16)9-13(10)17-5)6-7-14(18)19-15(2,3)4/h8-9H,6-7H2,1-4H3. The van der Waals surface area contributed by atoms with E-state index < -0.39 is 5.60 Å². The smallest absolute Gasteiger partial charge is 0.306 e. The Hall–Kier alpha value is -1.53. The fourth-order valence-electron chi connectivity index (χ4n) is 1.67. The molecule has 0 N–H and O–H groups in total. The van der Waals surface area contributed by atoms with Crippen molar-refractivity contribution in [2.45, 2.75) is 46.1 Å². The van der Waals surface area contributed by atoms with Crippen LogP contribution >= 0.6 is 11.6 Å². The highest BCUT2D eigenvalue weighted by atomic mass is 35.5. The quantitative estimate of drug-likeness (QED) is 0.603. The van der Waals surface area contributed by atoms with E-state index in [0.29, 0.717) is 17.1 Å². The van der Waals surface area contributed by atoms with E-state index in [4.69, 9.17) is 22.9 Å². The average molecular weight is 280 g/mol. The zero-order chi connectivity index (χ0) is 14.6. The van der Waals surface area contributed by atoms with E-state index >= 15 is 0 Å². The van der Waals surface area contributed by atoms with E-state index in [-0.39, 0.29) is 12.4 Å². The number of ether oxygens (including phenoxy) is 1. The molecule has 0 aliphatic carbocycles. The lowest BCUT2D eigenvalue weighted by molar-refractivity contribution is -0.154. The summed E-state index contributed by atoms with van der Waals surface area (Å²) in [6.07, 6.45) is 0.806. The minimum Gasteiger partial charge on any atom is -0.460 e. The molecule has 0 saturated carbocycles. The van der Waals surface area contributed by atoms with Gasteiger partial charge in [-0.15, -0.1) is 0 Å². The third-order valence-electron chi connectivity index (χ3n) is 2.50. The van der Waals surface area contributed by atoms with Crippen LogP contribution in [0.25, 0.3) is 4.85 Å². The first-order valence-corrected chi connectivity index (χ1v) is 6.49. The molecule has 19 heavy (non-hydrogen) atoms. The summed E-state index contributed by atoms with van der Waals surface area (Å²) >= 11 is 6.10. The van der Waals surface area contributed by atoms with Gasteiger partial charge in [0, 0.05) is 11.4 Å². The highest BCUT2D eigenvalue weighted by Gasteiger charge is 2.16. The molecule has 0 bridgehead atoms. The molecule has 0 aromatic heterocycles. The zero-order valence-corrected chi connectivity index (χ0v) is 12.5.